The first-order valence-corrected chi connectivity index (χ1v) is 7.01. The van der Waals surface area contributed by atoms with Crippen LogP contribution in [0.25, 0.3) is 0 Å². The van der Waals surface area contributed by atoms with E-state index in [4.69, 9.17) is 11.6 Å². The molecule has 20 heavy (non-hydrogen) atoms. The number of rotatable bonds is 2. The Hall–Kier alpha value is -1.88. The van der Waals surface area contributed by atoms with Gasteiger partial charge in [-0.05, 0) is 18.9 Å². The standard InChI is InChI=1S/C14H15ClN4O/c15-12-8-16-4-3-11(12)14(20)19-7-1-2-10(9-19)13-17-5-6-18-13/h3-6,8,10H,1-2,7,9H2,(H,17,18)/t10-/m1/s1. The van der Waals surface area contributed by atoms with E-state index in [9.17, 15) is 4.79 Å². The van der Waals surface area contributed by atoms with Gasteiger partial charge in [-0.3, -0.25) is 9.78 Å². The highest BCUT2D eigenvalue weighted by molar-refractivity contribution is 6.33. The molecule has 0 spiro atoms. The lowest BCUT2D eigenvalue weighted by molar-refractivity contribution is 0.0705. The van der Waals surface area contributed by atoms with Crippen molar-refractivity contribution in [3.05, 3.63) is 47.3 Å². The van der Waals surface area contributed by atoms with Crippen molar-refractivity contribution in [2.45, 2.75) is 18.8 Å². The fraction of sp³-hybridized carbons (Fsp3) is 0.357. The molecule has 0 aliphatic carbocycles. The number of hydrogen-bond donors (Lipinski definition) is 1. The molecule has 1 aliphatic rings. The zero-order valence-electron chi connectivity index (χ0n) is 10.9. The zero-order chi connectivity index (χ0) is 13.9. The molecule has 2 aromatic heterocycles. The van der Waals surface area contributed by atoms with E-state index >= 15 is 0 Å². The van der Waals surface area contributed by atoms with Crippen LogP contribution < -0.4 is 0 Å². The van der Waals surface area contributed by atoms with Gasteiger partial charge in [-0.25, -0.2) is 4.98 Å². The third-order valence-corrected chi connectivity index (χ3v) is 3.92. The van der Waals surface area contributed by atoms with E-state index in [1.54, 1.807) is 18.5 Å². The minimum atomic E-state index is -0.0337. The molecule has 1 fully saturated rings. The van der Waals surface area contributed by atoms with Gasteiger partial charge in [-0.1, -0.05) is 11.6 Å². The summed E-state index contributed by atoms with van der Waals surface area (Å²) in [5.74, 6) is 1.18. The number of amides is 1. The van der Waals surface area contributed by atoms with Crippen molar-refractivity contribution >= 4 is 17.5 Å². The average molecular weight is 291 g/mol. The van der Waals surface area contributed by atoms with Crippen molar-refractivity contribution in [2.24, 2.45) is 0 Å². The van der Waals surface area contributed by atoms with Crippen LogP contribution in [-0.2, 0) is 0 Å². The molecule has 0 saturated carbocycles. The highest BCUT2D eigenvalue weighted by Crippen LogP contribution is 2.26. The average Bonchev–Trinajstić information content (AvgIpc) is 3.01. The maximum atomic E-state index is 12.5. The van der Waals surface area contributed by atoms with Crippen molar-refractivity contribution in [1.82, 2.24) is 19.9 Å². The van der Waals surface area contributed by atoms with E-state index in [2.05, 4.69) is 15.0 Å². The number of nitrogens with zero attached hydrogens (tertiary/aromatic N) is 3. The van der Waals surface area contributed by atoms with Gasteiger partial charge < -0.3 is 9.88 Å². The van der Waals surface area contributed by atoms with Crippen molar-refractivity contribution in [2.75, 3.05) is 13.1 Å². The molecular formula is C14H15ClN4O. The molecule has 5 nitrogen and oxygen atoms in total. The molecule has 3 heterocycles. The summed E-state index contributed by atoms with van der Waals surface area (Å²) in [6.07, 6.45) is 8.67. The van der Waals surface area contributed by atoms with E-state index in [-0.39, 0.29) is 11.8 Å². The quantitative estimate of drug-likeness (QED) is 0.924. The minimum Gasteiger partial charge on any atom is -0.348 e. The Bertz CT molecular complexity index is 599. The first kappa shape index (κ1) is 13.1. The number of piperidine rings is 1. The number of halogens is 1. The van der Waals surface area contributed by atoms with Crippen LogP contribution in [0, 0.1) is 0 Å². The molecule has 0 unspecified atom stereocenters. The smallest absolute Gasteiger partial charge is 0.255 e. The first-order chi connectivity index (χ1) is 9.75. The van der Waals surface area contributed by atoms with Crippen LogP contribution in [0.5, 0.6) is 0 Å². The number of aromatic amines is 1. The summed E-state index contributed by atoms with van der Waals surface area (Å²) in [6.45, 7) is 1.43. The van der Waals surface area contributed by atoms with Crippen LogP contribution in [-0.4, -0.2) is 38.8 Å². The van der Waals surface area contributed by atoms with E-state index < -0.39 is 0 Å². The van der Waals surface area contributed by atoms with Crippen LogP contribution >= 0.6 is 11.6 Å². The van der Waals surface area contributed by atoms with Gasteiger partial charge in [0.15, 0.2) is 0 Å². The number of hydrogen-bond acceptors (Lipinski definition) is 3. The van der Waals surface area contributed by atoms with Gasteiger partial charge >= 0.3 is 0 Å². The predicted octanol–water partition coefficient (Wildman–Crippen LogP) is 2.48. The van der Waals surface area contributed by atoms with E-state index in [0.29, 0.717) is 17.1 Å². The maximum Gasteiger partial charge on any atom is 0.255 e. The number of imidazole rings is 1. The maximum absolute atomic E-state index is 12.5. The van der Waals surface area contributed by atoms with Crippen LogP contribution in [0.1, 0.15) is 34.9 Å². The highest BCUT2D eigenvalue weighted by atomic mass is 35.5. The topological polar surface area (TPSA) is 61.9 Å². The third kappa shape index (κ3) is 2.54. The predicted molar refractivity (Wildman–Crippen MR) is 75.7 cm³/mol. The van der Waals surface area contributed by atoms with Gasteiger partial charge in [-0.2, -0.15) is 0 Å². The van der Waals surface area contributed by atoms with Crippen molar-refractivity contribution in [3.8, 4) is 0 Å². The van der Waals surface area contributed by atoms with Crippen molar-refractivity contribution in [3.63, 3.8) is 0 Å². The van der Waals surface area contributed by atoms with Gasteiger partial charge in [0.1, 0.15) is 5.82 Å². The van der Waals surface area contributed by atoms with Crippen LogP contribution in [0.15, 0.2) is 30.9 Å². The number of likely N-dealkylation sites (tertiary alicyclic amines) is 1. The summed E-state index contributed by atoms with van der Waals surface area (Å²) in [5, 5.41) is 0.401. The molecule has 1 saturated heterocycles. The molecule has 1 amide bonds. The van der Waals surface area contributed by atoms with Gasteiger partial charge in [-0.15, -0.1) is 0 Å². The number of nitrogens with one attached hydrogen (secondary N) is 1. The molecule has 3 rings (SSSR count). The number of H-pyrrole nitrogens is 1. The fourth-order valence-corrected chi connectivity index (χ4v) is 2.80. The Morgan fingerprint density at radius 3 is 3.10 bits per heavy atom. The van der Waals surface area contributed by atoms with Crippen LogP contribution in [0.3, 0.4) is 0 Å². The lowest BCUT2D eigenvalue weighted by Crippen LogP contribution is -2.39. The van der Waals surface area contributed by atoms with Crippen molar-refractivity contribution in [1.29, 1.82) is 0 Å². The molecule has 1 N–H and O–H groups in total. The molecular weight excluding hydrogens is 276 g/mol. The second-order valence-corrected chi connectivity index (χ2v) is 5.33. The second-order valence-electron chi connectivity index (χ2n) is 4.92. The number of pyridine rings is 1. The lowest BCUT2D eigenvalue weighted by Gasteiger charge is -2.32. The molecule has 104 valence electrons. The molecule has 2 aromatic rings. The number of aromatic nitrogens is 3. The summed E-state index contributed by atoms with van der Waals surface area (Å²) in [7, 11) is 0. The summed E-state index contributed by atoms with van der Waals surface area (Å²) in [5.41, 5.74) is 0.516. The van der Waals surface area contributed by atoms with E-state index in [1.165, 1.54) is 6.20 Å². The Morgan fingerprint density at radius 1 is 1.45 bits per heavy atom. The summed E-state index contributed by atoms with van der Waals surface area (Å²) >= 11 is 6.05. The van der Waals surface area contributed by atoms with Gasteiger partial charge in [0, 0.05) is 43.8 Å². The first-order valence-electron chi connectivity index (χ1n) is 6.64. The van der Waals surface area contributed by atoms with Gasteiger partial charge in [0.05, 0.1) is 10.6 Å². The van der Waals surface area contributed by atoms with E-state index in [0.717, 1.165) is 25.2 Å². The normalized spacial score (nSPS) is 19.1. The second kappa shape index (κ2) is 5.63. The Balaban J connectivity index is 1.77. The summed E-state index contributed by atoms with van der Waals surface area (Å²) < 4.78 is 0. The SMILES string of the molecule is O=C(c1ccncc1Cl)N1CCC[C@@H](c2ncc[nH]2)C1. The molecule has 0 aromatic carbocycles. The molecule has 1 aliphatic heterocycles. The number of carbonyl (C=O) groups excluding carboxylic acids is 1. The fourth-order valence-electron chi connectivity index (χ4n) is 2.60. The van der Waals surface area contributed by atoms with Gasteiger partial charge in [0.25, 0.3) is 5.91 Å². The third-order valence-electron chi connectivity index (χ3n) is 3.62. The Labute approximate surface area is 122 Å². The van der Waals surface area contributed by atoms with Crippen molar-refractivity contribution < 1.29 is 4.79 Å². The molecule has 6 heteroatoms. The molecule has 0 radical (unpaired) electrons. The highest BCUT2D eigenvalue weighted by Gasteiger charge is 2.27. The van der Waals surface area contributed by atoms with Crippen LogP contribution in [0.4, 0.5) is 0 Å². The molecule has 0 bridgehead atoms. The monoisotopic (exact) mass is 290 g/mol. The summed E-state index contributed by atoms with van der Waals surface area (Å²) in [4.78, 5) is 25.7. The largest absolute Gasteiger partial charge is 0.348 e. The lowest BCUT2D eigenvalue weighted by atomic mass is 9.97. The summed E-state index contributed by atoms with van der Waals surface area (Å²) in [6, 6.07) is 1.67. The Morgan fingerprint density at radius 2 is 2.35 bits per heavy atom. The minimum absolute atomic E-state index is 0.0337. The van der Waals surface area contributed by atoms with Gasteiger partial charge in [0.2, 0.25) is 0 Å². The Kier molecular flexibility index (Phi) is 3.69. The molecule has 1 atom stereocenters. The van der Waals surface area contributed by atoms with Crippen LogP contribution in [0.2, 0.25) is 5.02 Å². The van der Waals surface area contributed by atoms with E-state index in [1.807, 2.05) is 11.1 Å². The zero-order valence-corrected chi connectivity index (χ0v) is 11.7. The number of carbonyl (C=O) groups is 1.